The lowest BCUT2D eigenvalue weighted by Crippen LogP contribution is -2.30. The van der Waals surface area contributed by atoms with E-state index in [0.717, 1.165) is 42.2 Å². The van der Waals surface area contributed by atoms with E-state index in [1.807, 2.05) is 27.7 Å². The Hall–Kier alpha value is -2.05. The van der Waals surface area contributed by atoms with Crippen LogP contribution >= 0.6 is 11.6 Å². The summed E-state index contributed by atoms with van der Waals surface area (Å²) < 4.78 is 12.9. The van der Waals surface area contributed by atoms with Gasteiger partial charge in [-0.05, 0) is 50.3 Å². The minimum atomic E-state index is -0.247. The summed E-state index contributed by atoms with van der Waals surface area (Å²) >= 11 is 6.25. The summed E-state index contributed by atoms with van der Waals surface area (Å²) in [7, 11) is 1.72. The molecule has 7 heteroatoms. The van der Waals surface area contributed by atoms with Crippen molar-refractivity contribution in [2.75, 3.05) is 26.4 Å². The zero-order chi connectivity index (χ0) is 20.7. The molecule has 0 aliphatic rings. The Kier molecular flexibility index (Phi) is 8.33. The van der Waals surface area contributed by atoms with E-state index < -0.39 is 0 Å². The highest BCUT2D eigenvalue weighted by atomic mass is 35.5. The van der Waals surface area contributed by atoms with Gasteiger partial charge in [0.2, 0.25) is 0 Å². The number of benzene rings is 1. The number of carbonyl (C=O) groups is 1. The van der Waals surface area contributed by atoms with Crippen molar-refractivity contribution in [1.82, 2.24) is 15.1 Å². The fourth-order valence-corrected chi connectivity index (χ4v) is 3.55. The number of nitrogens with one attached hydrogen (secondary N) is 1. The minimum Gasteiger partial charge on any atom is -0.491 e. The topological polar surface area (TPSA) is 65.4 Å². The fourth-order valence-electron chi connectivity index (χ4n) is 3.17. The molecule has 0 fully saturated rings. The fraction of sp³-hybridized carbons (Fsp3) is 0.524. The first-order valence-corrected chi connectivity index (χ1v) is 10.1. The van der Waals surface area contributed by atoms with Gasteiger partial charge >= 0.3 is 0 Å². The first-order chi connectivity index (χ1) is 13.4. The highest BCUT2D eigenvalue weighted by Gasteiger charge is 2.19. The molecule has 0 spiro atoms. The third-order valence-electron chi connectivity index (χ3n) is 4.50. The number of nitrogens with zero attached hydrogens (tertiary/aromatic N) is 2. The van der Waals surface area contributed by atoms with E-state index in [-0.39, 0.29) is 5.91 Å². The Morgan fingerprint density at radius 3 is 2.46 bits per heavy atom. The molecule has 1 aromatic carbocycles. The number of carbonyl (C=O) groups excluding carboxylic acids is 1. The lowest BCUT2D eigenvalue weighted by atomic mass is 10.0. The average molecular weight is 408 g/mol. The van der Waals surface area contributed by atoms with Crippen LogP contribution in [0.1, 0.15) is 46.7 Å². The standard InChI is InChI=1S/C21H30ClN3O3/c1-6-17-18(22)19(25(5)24-17)21(26)23-9-11-28-20-14(3)12-16(13-15(20)4)8-10-27-7-2/h12-13H,6-11H2,1-5H3,(H,23,26). The van der Waals surface area contributed by atoms with E-state index in [4.69, 9.17) is 21.1 Å². The Morgan fingerprint density at radius 1 is 1.21 bits per heavy atom. The highest BCUT2D eigenvalue weighted by Crippen LogP contribution is 2.25. The Bertz CT molecular complexity index is 794. The van der Waals surface area contributed by atoms with E-state index in [0.29, 0.717) is 30.3 Å². The zero-order valence-electron chi connectivity index (χ0n) is 17.4. The summed E-state index contributed by atoms with van der Waals surface area (Å²) in [5, 5.41) is 7.53. The number of hydrogen-bond donors (Lipinski definition) is 1. The van der Waals surface area contributed by atoms with Gasteiger partial charge in [0, 0.05) is 13.7 Å². The van der Waals surface area contributed by atoms with Crippen molar-refractivity contribution in [2.45, 2.75) is 40.5 Å². The van der Waals surface area contributed by atoms with E-state index >= 15 is 0 Å². The molecular formula is C21H30ClN3O3. The molecule has 1 aromatic heterocycles. The molecule has 0 unspecified atom stereocenters. The second-order valence-electron chi connectivity index (χ2n) is 6.70. The monoisotopic (exact) mass is 407 g/mol. The molecule has 0 atom stereocenters. The molecule has 0 radical (unpaired) electrons. The second-order valence-corrected chi connectivity index (χ2v) is 7.07. The summed E-state index contributed by atoms with van der Waals surface area (Å²) in [5.41, 5.74) is 4.51. The second kappa shape index (κ2) is 10.5. The van der Waals surface area contributed by atoms with Crippen molar-refractivity contribution >= 4 is 17.5 Å². The smallest absolute Gasteiger partial charge is 0.271 e. The van der Waals surface area contributed by atoms with Crippen LogP contribution < -0.4 is 10.1 Å². The van der Waals surface area contributed by atoms with Crippen molar-refractivity contribution in [3.05, 3.63) is 45.2 Å². The van der Waals surface area contributed by atoms with Crippen molar-refractivity contribution in [3.8, 4) is 5.75 Å². The minimum absolute atomic E-state index is 0.247. The van der Waals surface area contributed by atoms with Crippen molar-refractivity contribution < 1.29 is 14.3 Å². The van der Waals surface area contributed by atoms with Crippen LogP contribution in [-0.2, 0) is 24.6 Å². The molecule has 2 rings (SSSR count). The van der Waals surface area contributed by atoms with Gasteiger partial charge in [0.05, 0.1) is 23.9 Å². The van der Waals surface area contributed by atoms with Crippen LogP contribution in [0.4, 0.5) is 0 Å². The van der Waals surface area contributed by atoms with Gasteiger partial charge in [0.25, 0.3) is 5.91 Å². The predicted octanol–water partition coefficient (Wildman–Crippen LogP) is 3.64. The molecule has 0 saturated carbocycles. The summed E-state index contributed by atoms with van der Waals surface area (Å²) in [6.45, 7) is 10.2. The molecule has 6 nitrogen and oxygen atoms in total. The van der Waals surface area contributed by atoms with Gasteiger partial charge in [-0.2, -0.15) is 5.10 Å². The van der Waals surface area contributed by atoms with Crippen LogP contribution in [-0.4, -0.2) is 42.1 Å². The lowest BCUT2D eigenvalue weighted by molar-refractivity contribution is 0.0937. The van der Waals surface area contributed by atoms with Gasteiger partial charge in [0.1, 0.15) is 18.1 Å². The maximum atomic E-state index is 12.4. The van der Waals surface area contributed by atoms with Crippen LogP contribution in [0.2, 0.25) is 5.02 Å². The zero-order valence-corrected chi connectivity index (χ0v) is 18.2. The first-order valence-electron chi connectivity index (χ1n) is 9.69. The Balaban J connectivity index is 1.90. The largest absolute Gasteiger partial charge is 0.491 e. The molecule has 0 aliphatic heterocycles. The van der Waals surface area contributed by atoms with Crippen LogP contribution in [0.25, 0.3) is 0 Å². The molecule has 2 aromatic rings. The van der Waals surface area contributed by atoms with E-state index in [2.05, 4.69) is 22.5 Å². The van der Waals surface area contributed by atoms with Crippen LogP contribution in [0.3, 0.4) is 0 Å². The van der Waals surface area contributed by atoms with Gasteiger partial charge in [-0.25, -0.2) is 0 Å². The van der Waals surface area contributed by atoms with Crippen LogP contribution in [0, 0.1) is 13.8 Å². The van der Waals surface area contributed by atoms with Crippen LogP contribution in [0.15, 0.2) is 12.1 Å². The molecule has 154 valence electrons. The number of aryl methyl sites for hydroxylation is 4. The SMILES string of the molecule is CCOCCc1cc(C)c(OCCNC(=O)c2c(Cl)c(CC)nn2C)c(C)c1. The summed E-state index contributed by atoms with van der Waals surface area (Å²) in [6.07, 6.45) is 1.57. The summed E-state index contributed by atoms with van der Waals surface area (Å²) in [5.74, 6) is 0.615. The van der Waals surface area contributed by atoms with Crippen molar-refractivity contribution in [2.24, 2.45) is 7.05 Å². The quantitative estimate of drug-likeness (QED) is 0.610. The number of ether oxygens (including phenoxy) is 2. The lowest BCUT2D eigenvalue weighted by Gasteiger charge is -2.14. The van der Waals surface area contributed by atoms with E-state index in [1.165, 1.54) is 10.2 Å². The van der Waals surface area contributed by atoms with Gasteiger partial charge in [-0.15, -0.1) is 0 Å². The number of hydrogen-bond acceptors (Lipinski definition) is 4. The summed E-state index contributed by atoms with van der Waals surface area (Å²) in [4.78, 5) is 12.4. The normalized spacial score (nSPS) is 10.9. The van der Waals surface area contributed by atoms with Gasteiger partial charge in [-0.1, -0.05) is 30.7 Å². The van der Waals surface area contributed by atoms with E-state index in [9.17, 15) is 4.79 Å². The average Bonchev–Trinajstić information content (AvgIpc) is 2.94. The summed E-state index contributed by atoms with van der Waals surface area (Å²) in [6, 6.07) is 4.25. The van der Waals surface area contributed by atoms with Crippen molar-refractivity contribution in [3.63, 3.8) is 0 Å². The molecule has 0 aliphatic carbocycles. The Labute approximate surface area is 172 Å². The van der Waals surface area contributed by atoms with Gasteiger partial charge in [0.15, 0.2) is 0 Å². The van der Waals surface area contributed by atoms with Gasteiger partial charge < -0.3 is 14.8 Å². The molecule has 1 amide bonds. The molecule has 0 bridgehead atoms. The highest BCUT2D eigenvalue weighted by molar-refractivity contribution is 6.34. The third-order valence-corrected chi connectivity index (χ3v) is 4.90. The van der Waals surface area contributed by atoms with Crippen molar-refractivity contribution in [1.29, 1.82) is 0 Å². The molecular weight excluding hydrogens is 378 g/mol. The van der Waals surface area contributed by atoms with Crippen LogP contribution in [0.5, 0.6) is 5.75 Å². The maximum Gasteiger partial charge on any atom is 0.271 e. The van der Waals surface area contributed by atoms with E-state index in [1.54, 1.807) is 7.05 Å². The predicted molar refractivity (Wildman–Crippen MR) is 112 cm³/mol. The Morgan fingerprint density at radius 2 is 1.89 bits per heavy atom. The molecule has 28 heavy (non-hydrogen) atoms. The molecule has 1 heterocycles. The molecule has 1 N–H and O–H groups in total. The number of amides is 1. The first kappa shape index (κ1) is 22.2. The third kappa shape index (κ3) is 5.49. The number of halogens is 1. The number of rotatable bonds is 10. The number of aromatic nitrogens is 2. The maximum absolute atomic E-state index is 12.4. The van der Waals surface area contributed by atoms with Gasteiger partial charge in [-0.3, -0.25) is 9.48 Å². The molecule has 0 saturated heterocycles.